The van der Waals surface area contributed by atoms with Crippen LogP contribution in [0.25, 0.3) is 10.2 Å². The average molecular weight is 448 g/mol. The van der Waals surface area contributed by atoms with Gasteiger partial charge in [0.2, 0.25) is 10.0 Å². The summed E-state index contributed by atoms with van der Waals surface area (Å²) in [6.45, 7) is 3.43. The van der Waals surface area contributed by atoms with Crippen LogP contribution in [0.1, 0.15) is 23.0 Å². The molecule has 7 nitrogen and oxygen atoms in total. The van der Waals surface area contributed by atoms with Gasteiger partial charge >= 0.3 is 0 Å². The van der Waals surface area contributed by atoms with E-state index in [0.29, 0.717) is 31.9 Å². The van der Waals surface area contributed by atoms with E-state index in [1.54, 1.807) is 23.3 Å². The van der Waals surface area contributed by atoms with Gasteiger partial charge in [-0.3, -0.25) is 4.79 Å². The first kappa shape index (κ1) is 20.9. The van der Waals surface area contributed by atoms with Crippen molar-refractivity contribution in [2.24, 2.45) is 0 Å². The van der Waals surface area contributed by atoms with E-state index >= 15 is 0 Å². The number of sulfonamides is 1. The molecule has 0 N–H and O–H groups in total. The molecule has 1 amide bonds. The van der Waals surface area contributed by atoms with Gasteiger partial charge in [0.05, 0.1) is 19.9 Å². The number of ether oxygens (including phenoxy) is 1. The zero-order valence-corrected chi connectivity index (χ0v) is 18.9. The van der Waals surface area contributed by atoms with Crippen molar-refractivity contribution < 1.29 is 17.9 Å². The van der Waals surface area contributed by atoms with Gasteiger partial charge in [0.1, 0.15) is 16.3 Å². The number of methoxy groups -OCH3 is 1. The molecule has 1 aliphatic heterocycles. The highest BCUT2D eigenvalue weighted by Crippen LogP contribution is 2.29. The lowest BCUT2D eigenvalue weighted by atomic mass is 10.2. The molecule has 9 heteroatoms. The Kier molecular flexibility index (Phi) is 5.61. The molecule has 0 bridgehead atoms. The number of benzene rings is 1. The van der Waals surface area contributed by atoms with E-state index in [9.17, 15) is 13.2 Å². The van der Waals surface area contributed by atoms with Gasteiger partial charge in [0.25, 0.3) is 5.91 Å². The van der Waals surface area contributed by atoms with Crippen LogP contribution >= 0.6 is 11.3 Å². The van der Waals surface area contributed by atoms with Crippen LogP contribution < -0.4 is 4.74 Å². The van der Waals surface area contributed by atoms with Gasteiger partial charge in [0.15, 0.2) is 0 Å². The molecule has 2 aromatic heterocycles. The third-order valence-corrected chi connectivity index (χ3v) is 7.87. The molecule has 1 aliphatic rings. The van der Waals surface area contributed by atoms with Crippen LogP contribution in [0.5, 0.6) is 5.75 Å². The third-order valence-electron chi connectivity index (χ3n) is 5.52. The van der Waals surface area contributed by atoms with Crippen molar-refractivity contribution >= 4 is 37.5 Å². The number of para-hydroxylation sites is 1. The Bertz CT molecular complexity index is 1180. The molecule has 0 saturated carbocycles. The third kappa shape index (κ3) is 3.84. The summed E-state index contributed by atoms with van der Waals surface area (Å²) in [5.74, 6) is 0.706. The second-order valence-corrected chi connectivity index (χ2v) is 10.4. The number of carbonyl (C=O) groups excluding carboxylic acids is 1. The molecule has 3 aromatic rings. The number of piperazine rings is 1. The number of rotatable bonds is 5. The molecule has 0 aliphatic carbocycles. The lowest BCUT2D eigenvalue weighted by molar-refractivity contribution is 0.0633. The lowest BCUT2D eigenvalue weighted by Gasteiger charge is -2.38. The normalized spacial score (nSPS) is 18.1. The monoisotopic (exact) mass is 447 g/mol. The van der Waals surface area contributed by atoms with Crippen LogP contribution in [0.2, 0.25) is 0 Å². The highest BCUT2D eigenvalue weighted by atomic mass is 32.2. The molecule has 0 spiro atoms. The van der Waals surface area contributed by atoms with E-state index in [0.717, 1.165) is 21.5 Å². The van der Waals surface area contributed by atoms with Gasteiger partial charge in [-0.15, -0.1) is 11.3 Å². The lowest BCUT2D eigenvalue weighted by Crippen LogP contribution is -2.55. The van der Waals surface area contributed by atoms with Crippen LogP contribution in [-0.2, 0) is 16.6 Å². The maximum Gasteiger partial charge on any atom is 0.270 e. The quantitative estimate of drug-likeness (QED) is 0.603. The molecule has 0 unspecified atom stereocenters. The fraction of sp³-hybridized carbons (Fsp3) is 0.381. The van der Waals surface area contributed by atoms with E-state index < -0.39 is 10.0 Å². The van der Waals surface area contributed by atoms with Crippen molar-refractivity contribution in [1.82, 2.24) is 13.8 Å². The number of nitrogens with zero attached hydrogens (tertiary/aromatic N) is 3. The van der Waals surface area contributed by atoms with Crippen molar-refractivity contribution in [1.29, 1.82) is 0 Å². The summed E-state index contributed by atoms with van der Waals surface area (Å²) < 4.78 is 32.9. The van der Waals surface area contributed by atoms with Crippen molar-refractivity contribution in [2.45, 2.75) is 19.5 Å². The Morgan fingerprint density at radius 2 is 2.00 bits per heavy atom. The molecule has 3 heterocycles. The number of amides is 1. The Balaban J connectivity index is 1.66. The van der Waals surface area contributed by atoms with Crippen molar-refractivity contribution in [3.8, 4) is 5.75 Å². The molecule has 160 valence electrons. The van der Waals surface area contributed by atoms with E-state index in [4.69, 9.17) is 4.74 Å². The predicted molar refractivity (Wildman–Crippen MR) is 119 cm³/mol. The first-order chi connectivity index (χ1) is 14.3. The Labute approximate surface area is 180 Å². The highest BCUT2D eigenvalue weighted by molar-refractivity contribution is 7.88. The zero-order chi connectivity index (χ0) is 21.5. The second kappa shape index (κ2) is 8.05. The summed E-state index contributed by atoms with van der Waals surface area (Å²) >= 11 is 1.60. The summed E-state index contributed by atoms with van der Waals surface area (Å²) in [6.07, 6.45) is 1.22. The van der Waals surface area contributed by atoms with Gasteiger partial charge in [-0.05, 0) is 30.5 Å². The summed E-state index contributed by atoms with van der Waals surface area (Å²) in [5, 5.41) is 3.05. The minimum Gasteiger partial charge on any atom is -0.496 e. The average Bonchev–Trinajstić information content (AvgIpc) is 3.29. The zero-order valence-electron chi connectivity index (χ0n) is 17.2. The summed E-state index contributed by atoms with van der Waals surface area (Å²) in [5.41, 5.74) is 1.61. The van der Waals surface area contributed by atoms with Gasteiger partial charge in [-0.25, -0.2) is 8.42 Å². The largest absolute Gasteiger partial charge is 0.496 e. The van der Waals surface area contributed by atoms with Crippen molar-refractivity contribution in [3.63, 3.8) is 0 Å². The molecule has 30 heavy (non-hydrogen) atoms. The van der Waals surface area contributed by atoms with Crippen LogP contribution in [0.15, 0.2) is 41.8 Å². The standard InChI is InChI=1S/C21H25N3O4S2/c1-15-13-22(9-10-24(15)30(3,26)27)20(25)18-12-16-8-11-29-21(16)23(18)14-17-6-4-5-7-19(17)28-2/h4-8,11-12,15H,9-10,13-14H2,1-3H3/t15-/m1/s1. The summed E-state index contributed by atoms with van der Waals surface area (Å²) in [4.78, 5) is 16.2. The molecule has 4 rings (SSSR count). The molecule has 1 atom stereocenters. The summed E-state index contributed by atoms with van der Waals surface area (Å²) in [7, 11) is -1.64. The molecule has 1 fully saturated rings. The Hall–Kier alpha value is -2.36. The predicted octanol–water partition coefficient (Wildman–Crippen LogP) is 2.87. The van der Waals surface area contributed by atoms with Crippen LogP contribution in [0, 0.1) is 0 Å². The van der Waals surface area contributed by atoms with E-state index in [-0.39, 0.29) is 11.9 Å². The van der Waals surface area contributed by atoms with Gasteiger partial charge < -0.3 is 14.2 Å². The number of thiophene rings is 1. The number of carbonyl (C=O) groups is 1. The second-order valence-electron chi connectivity index (χ2n) is 7.58. The van der Waals surface area contributed by atoms with Crippen LogP contribution in [-0.4, -0.2) is 67.1 Å². The van der Waals surface area contributed by atoms with Gasteiger partial charge in [0, 0.05) is 36.6 Å². The van der Waals surface area contributed by atoms with Crippen molar-refractivity contribution in [2.75, 3.05) is 33.0 Å². The first-order valence-corrected chi connectivity index (χ1v) is 12.5. The van der Waals surface area contributed by atoms with E-state index in [2.05, 4.69) is 0 Å². The molecular weight excluding hydrogens is 422 g/mol. The molecule has 1 saturated heterocycles. The first-order valence-electron chi connectivity index (χ1n) is 9.74. The van der Waals surface area contributed by atoms with E-state index in [1.807, 2.05) is 53.3 Å². The fourth-order valence-electron chi connectivity index (χ4n) is 4.09. The Morgan fingerprint density at radius 1 is 1.23 bits per heavy atom. The van der Waals surface area contributed by atoms with Gasteiger partial charge in [-0.1, -0.05) is 18.2 Å². The Morgan fingerprint density at radius 3 is 2.70 bits per heavy atom. The number of hydrogen-bond donors (Lipinski definition) is 0. The molecule has 0 radical (unpaired) electrons. The minimum absolute atomic E-state index is 0.0756. The molecule has 1 aromatic carbocycles. The molecular formula is C21H25N3O4S2. The van der Waals surface area contributed by atoms with E-state index in [1.165, 1.54) is 10.6 Å². The van der Waals surface area contributed by atoms with Crippen LogP contribution in [0.3, 0.4) is 0 Å². The minimum atomic E-state index is -3.28. The highest BCUT2D eigenvalue weighted by Gasteiger charge is 2.33. The summed E-state index contributed by atoms with van der Waals surface area (Å²) in [6, 6.07) is 11.5. The fourth-order valence-corrected chi connectivity index (χ4v) is 6.12. The SMILES string of the molecule is COc1ccccc1Cn1c(C(=O)N2CCN(S(C)(=O)=O)[C@H](C)C2)cc2ccsc21. The topological polar surface area (TPSA) is 71.8 Å². The number of aromatic nitrogens is 1. The van der Waals surface area contributed by atoms with Crippen molar-refractivity contribution in [3.05, 3.63) is 53.0 Å². The number of hydrogen-bond acceptors (Lipinski definition) is 5. The maximum atomic E-state index is 13.4. The smallest absolute Gasteiger partial charge is 0.270 e. The van der Waals surface area contributed by atoms with Gasteiger partial charge in [-0.2, -0.15) is 4.31 Å². The number of fused-ring (bicyclic) bond motifs is 1. The van der Waals surface area contributed by atoms with Crippen LogP contribution in [0.4, 0.5) is 0 Å². The maximum absolute atomic E-state index is 13.4.